The van der Waals surface area contributed by atoms with Crippen molar-refractivity contribution in [1.82, 2.24) is 0 Å². The van der Waals surface area contributed by atoms with Crippen LogP contribution < -0.4 is 9.62 Å². The van der Waals surface area contributed by atoms with E-state index in [1.54, 1.807) is 41.8 Å². The van der Waals surface area contributed by atoms with Gasteiger partial charge in [-0.05, 0) is 60.2 Å². The Morgan fingerprint density at radius 2 is 1.85 bits per heavy atom. The second-order valence-corrected chi connectivity index (χ2v) is 9.31. The first kappa shape index (κ1) is 17.8. The van der Waals surface area contributed by atoms with E-state index in [1.807, 2.05) is 24.3 Å². The quantitative estimate of drug-likeness (QED) is 0.718. The molecule has 0 radical (unpaired) electrons. The van der Waals surface area contributed by atoms with Gasteiger partial charge in [0, 0.05) is 17.8 Å². The van der Waals surface area contributed by atoms with Crippen LogP contribution in [-0.2, 0) is 16.4 Å². The van der Waals surface area contributed by atoms with E-state index in [1.165, 1.54) is 15.6 Å². The molecule has 0 unspecified atom stereocenters. The topological polar surface area (TPSA) is 66.5 Å². The summed E-state index contributed by atoms with van der Waals surface area (Å²) in [6, 6.07) is 17.8. The number of hydrogen-bond donors (Lipinski definition) is 1. The minimum Gasteiger partial charge on any atom is -0.322 e. The standard InChI is InChI=1S/C20H18N2O3S2/c23-20(15-6-2-1-3-7-15)21-17-10-11-18-16(14-17)8-4-12-22(18)27(24,25)19-9-5-13-26-19/h1-3,5-7,9-11,13-14H,4,8,12H2,(H,21,23). The summed E-state index contributed by atoms with van der Waals surface area (Å²) in [7, 11) is -3.55. The van der Waals surface area contributed by atoms with Crippen molar-refractivity contribution in [2.45, 2.75) is 17.1 Å². The maximum atomic E-state index is 12.9. The molecule has 7 heteroatoms. The third-order valence-corrected chi connectivity index (χ3v) is 7.68. The molecule has 0 bridgehead atoms. The van der Waals surface area contributed by atoms with Crippen molar-refractivity contribution in [3.05, 3.63) is 77.2 Å². The van der Waals surface area contributed by atoms with Crippen LogP contribution >= 0.6 is 11.3 Å². The van der Waals surface area contributed by atoms with E-state index in [2.05, 4.69) is 5.32 Å². The van der Waals surface area contributed by atoms with Gasteiger partial charge in [0.15, 0.2) is 0 Å². The Bertz CT molecular complexity index is 1060. The van der Waals surface area contributed by atoms with Gasteiger partial charge >= 0.3 is 0 Å². The van der Waals surface area contributed by atoms with Crippen molar-refractivity contribution in [2.24, 2.45) is 0 Å². The summed E-state index contributed by atoms with van der Waals surface area (Å²) in [6.07, 6.45) is 1.52. The second-order valence-electron chi connectivity index (χ2n) is 6.28. The summed E-state index contributed by atoms with van der Waals surface area (Å²) in [6.45, 7) is 0.461. The lowest BCUT2D eigenvalue weighted by molar-refractivity contribution is 0.102. The Labute approximate surface area is 162 Å². The average molecular weight is 399 g/mol. The third kappa shape index (κ3) is 3.48. The number of hydrogen-bond acceptors (Lipinski definition) is 4. The van der Waals surface area contributed by atoms with Crippen LogP contribution in [0, 0.1) is 0 Å². The molecular weight excluding hydrogens is 380 g/mol. The van der Waals surface area contributed by atoms with Crippen LogP contribution in [0.1, 0.15) is 22.3 Å². The highest BCUT2D eigenvalue weighted by molar-refractivity contribution is 7.94. The lowest BCUT2D eigenvalue weighted by Crippen LogP contribution is -2.35. The molecule has 2 heterocycles. The Kier molecular flexibility index (Phi) is 4.72. The lowest BCUT2D eigenvalue weighted by atomic mass is 10.0. The number of sulfonamides is 1. The van der Waals surface area contributed by atoms with Crippen molar-refractivity contribution in [1.29, 1.82) is 0 Å². The molecule has 2 aromatic carbocycles. The minimum absolute atomic E-state index is 0.186. The van der Waals surface area contributed by atoms with Crippen LogP contribution in [0.15, 0.2) is 70.3 Å². The van der Waals surface area contributed by atoms with E-state index in [0.29, 0.717) is 27.7 Å². The molecule has 1 aromatic heterocycles. The summed E-state index contributed by atoms with van der Waals surface area (Å²) < 4.78 is 27.7. The zero-order valence-corrected chi connectivity index (χ0v) is 16.1. The highest BCUT2D eigenvalue weighted by Gasteiger charge is 2.29. The van der Waals surface area contributed by atoms with E-state index in [9.17, 15) is 13.2 Å². The zero-order chi connectivity index (χ0) is 18.9. The molecule has 1 N–H and O–H groups in total. The molecule has 0 atom stereocenters. The van der Waals surface area contributed by atoms with Gasteiger partial charge in [-0.3, -0.25) is 9.10 Å². The van der Waals surface area contributed by atoms with E-state index in [4.69, 9.17) is 0 Å². The van der Waals surface area contributed by atoms with E-state index < -0.39 is 10.0 Å². The number of carbonyl (C=O) groups is 1. The monoisotopic (exact) mass is 398 g/mol. The molecule has 0 saturated heterocycles. The van der Waals surface area contributed by atoms with Crippen LogP contribution in [0.5, 0.6) is 0 Å². The number of benzene rings is 2. The Hall–Kier alpha value is -2.64. The predicted octanol–water partition coefficient (Wildman–Crippen LogP) is 4.14. The normalized spacial score (nSPS) is 13.9. The van der Waals surface area contributed by atoms with Gasteiger partial charge in [0.1, 0.15) is 4.21 Å². The van der Waals surface area contributed by atoms with Gasteiger partial charge in [-0.2, -0.15) is 0 Å². The van der Waals surface area contributed by atoms with E-state index >= 15 is 0 Å². The largest absolute Gasteiger partial charge is 0.322 e. The maximum absolute atomic E-state index is 12.9. The fourth-order valence-electron chi connectivity index (χ4n) is 3.20. The van der Waals surface area contributed by atoms with Crippen LogP contribution in [0.3, 0.4) is 0 Å². The number of rotatable bonds is 4. The highest BCUT2D eigenvalue weighted by atomic mass is 32.2. The molecule has 1 amide bonds. The summed E-state index contributed by atoms with van der Waals surface area (Å²) >= 11 is 1.22. The van der Waals surface area contributed by atoms with Gasteiger partial charge in [0.05, 0.1) is 5.69 Å². The summed E-state index contributed by atoms with van der Waals surface area (Å²) in [5.74, 6) is -0.186. The van der Waals surface area contributed by atoms with Gasteiger partial charge in [-0.15, -0.1) is 11.3 Å². The molecule has 1 aliphatic heterocycles. The number of carbonyl (C=O) groups excluding carboxylic acids is 1. The highest BCUT2D eigenvalue weighted by Crippen LogP contribution is 2.34. The number of nitrogens with zero attached hydrogens (tertiary/aromatic N) is 1. The van der Waals surface area contributed by atoms with Crippen molar-refractivity contribution >= 4 is 38.6 Å². The second kappa shape index (κ2) is 7.17. The zero-order valence-electron chi connectivity index (χ0n) is 14.5. The Balaban J connectivity index is 1.62. The molecule has 0 spiro atoms. The summed E-state index contributed by atoms with van der Waals surface area (Å²) in [5.41, 5.74) is 2.86. The number of thiophene rings is 1. The number of fused-ring (bicyclic) bond motifs is 1. The van der Waals surface area contributed by atoms with Crippen LogP contribution in [0.4, 0.5) is 11.4 Å². The molecule has 27 heavy (non-hydrogen) atoms. The fraction of sp³-hybridized carbons (Fsp3) is 0.150. The Morgan fingerprint density at radius 3 is 2.59 bits per heavy atom. The van der Waals surface area contributed by atoms with Crippen LogP contribution in [0.25, 0.3) is 0 Å². The van der Waals surface area contributed by atoms with E-state index in [-0.39, 0.29) is 5.91 Å². The number of aryl methyl sites for hydroxylation is 1. The van der Waals surface area contributed by atoms with Crippen molar-refractivity contribution in [3.63, 3.8) is 0 Å². The molecule has 3 aromatic rings. The first-order valence-corrected chi connectivity index (χ1v) is 10.9. The predicted molar refractivity (Wildman–Crippen MR) is 108 cm³/mol. The molecular formula is C20H18N2O3S2. The van der Waals surface area contributed by atoms with Crippen molar-refractivity contribution < 1.29 is 13.2 Å². The number of anilines is 2. The average Bonchev–Trinajstić information content (AvgIpc) is 3.24. The third-order valence-electron chi connectivity index (χ3n) is 4.49. The summed E-state index contributed by atoms with van der Waals surface area (Å²) in [4.78, 5) is 12.3. The maximum Gasteiger partial charge on any atom is 0.273 e. The molecule has 0 fully saturated rings. The van der Waals surface area contributed by atoms with Gasteiger partial charge < -0.3 is 5.32 Å². The van der Waals surface area contributed by atoms with Crippen LogP contribution in [-0.4, -0.2) is 20.9 Å². The van der Waals surface area contributed by atoms with Crippen LogP contribution in [0.2, 0.25) is 0 Å². The Morgan fingerprint density at radius 1 is 1.04 bits per heavy atom. The lowest BCUT2D eigenvalue weighted by Gasteiger charge is -2.30. The number of nitrogens with one attached hydrogen (secondary N) is 1. The summed E-state index contributed by atoms with van der Waals surface area (Å²) in [5, 5.41) is 4.65. The van der Waals surface area contributed by atoms with Gasteiger partial charge in [-0.25, -0.2) is 8.42 Å². The smallest absolute Gasteiger partial charge is 0.273 e. The first-order valence-electron chi connectivity index (χ1n) is 8.61. The molecule has 5 nitrogen and oxygen atoms in total. The minimum atomic E-state index is -3.55. The van der Waals surface area contributed by atoms with Crippen molar-refractivity contribution in [2.75, 3.05) is 16.2 Å². The molecule has 4 rings (SSSR count). The molecule has 138 valence electrons. The molecule has 1 aliphatic rings. The van der Waals surface area contributed by atoms with E-state index in [0.717, 1.165) is 18.4 Å². The first-order chi connectivity index (χ1) is 13.1. The molecule has 0 aliphatic carbocycles. The fourth-order valence-corrected chi connectivity index (χ4v) is 5.85. The van der Waals surface area contributed by atoms with Gasteiger partial charge in [0.25, 0.3) is 15.9 Å². The number of amides is 1. The SMILES string of the molecule is O=C(Nc1ccc2c(c1)CCCN2S(=O)(=O)c1cccs1)c1ccccc1. The van der Waals surface area contributed by atoms with Gasteiger partial charge in [0.2, 0.25) is 0 Å². The molecule has 0 saturated carbocycles. The van der Waals surface area contributed by atoms with Gasteiger partial charge in [-0.1, -0.05) is 24.3 Å². The van der Waals surface area contributed by atoms with Crippen molar-refractivity contribution in [3.8, 4) is 0 Å².